The summed E-state index contributed by atoms with van der Waals surface area (Å²) in [6.45, 7) is 17.8. The van der Waals surface area contributed by atoms with Gasteiger partial charge < -0.3 is 0 Å². The minimum atomic E-state index is 0.659. The highest BCUT2D eigenvalue weighted by Crippen LogP contribution is 2.14. The Morgan fingerprint density at radius 1 is 0.567 bits per heavy atom. The van der Waals surface area contributed by atoms with Crippen LogP contribution in [-0.2, 0) is 0 Å². The molecule has 0 nitrogen and oxygen atoms in total. The normalized spacial score (nSPS) is 14.2. The van der Waals surface area contributed by atoms with Crippen LogP contribution in [0.5, 0.6) is 0 Å². The van der Waals surface area contributed by atoms with Gasteiger partial charge in [-0.2, -0.15) is 0 Å². The molecule has 170 valence electrons. The molecule has 0 radical (unpaired) electrons. The van der Waals surface area contributed by atoms with E-state index in [-0.39, 0.29) is 0 Å². The molecule has 0 aliphatic rings. The third-order valence-corrected chi connectivity index (χ3v) is 5.40. The molecular formula is C30H50. The fourth-order valence-electron chi connectivity index (χ4n) is 3.30. The molecular weight excluding hydrogens is 360 g/mol. The predicted octanol–water partition coefficient (Wildman–Crippen LogP) is 10.5. The molecule has 0 aliphatic heterocycles. The summed E-state index contributed by atoms with van der Waals surface area (Å²) in [7, 11) is 0. The molecule has 1 atom stereocenters. The molecule has 0 heterocycles. The Kier molecular flexibility index (Phi) is 17.3. The zero-order valence-corrected chi connectivity index (χ0v) is 21.5. The van der Waals surface area contributed by atoms with Gasteiger partial charge in [-0.05, 0) is 112 Å². The molecule has 0 spiro atoms. The first-order valence-corrected chi connectivity index (χ1v) is 12.1. The molecule has 0 aromatic heterocycles. The van der Waals surface area contributed by atoms with E-state index in [0.717, 1.165) is 6.42 Å². The molecule has 0 fully saturated rings. The maximum atomic E-state index is 2.43. The molecule has 0 rings (SSSR count). The van der Waals surface area contributed by atoms with Crippen molar-refractivity contribution in [2.45, 2.75) is 113 Å². The van der Waals surface area contributed by atoms with E-state index in [0.29, 0.717) is 5.92 Å². The van der Waals surface area contributed by atoms with Gasteiger partial charge in [0.05, 0.1) is 0 Å². The molecule has 0 saturated heterocycles. The molecule has 0 aromatic rings. The average Bonchev–Trinajstić information content (AvgIpc) is 2.64. The highest BCUT2D eigenvalue weighted by Gasteiger charge is 1.96. The van der Waals surface area contributed by atoms with Crippen LogP contribution < -0.4 is 0 Å². The fourth-order valence-corrected chi connectivity index (χ4v) is 3.30. The molecule has 0 saturated carbocycles. The molecule has 0 aromatic carbocycles. The lowest BCUT2D eigenvalue weighted by atomic mass is 10.0. The van der Waals surface area contributed by atoms with E-state index in [1.165, 1.54) is 79.2 Å². The fraction of sp³-hybridized carbons (Fsp3) is 0.600. The van der Waals surface area contributed by atoms with Gasteiger partial charge in [0.25, 0.3) is 0 Å². The Labute approximate surface area is 189 Å². The van der Waals surface area contributed by atoms with Crippen molar-refractivity contribution in [3.05, 3.63) is 70.4 Å². The monoisotopic (exact) mass is 410 g/mol. The zero-order chi connectivity index (χ0) is 22.8. The van der Waals surface area contributed by atoms with Crippen molar-refractivity contribution in [1.29, 1.82) is 0 Å². The van der Waals surface area contributed by atoms with Crippen molar-refractivity contribution in [2.75, 3.05) is 0 Å². The van der Waals surface area contributed by atoms with Gasteiger partial charge in [0.15, 0.2) is 0 Å². The summed E-state index contributed by atoms with van der Waals surface area (Å²) in [4.78, 5) is 0. The van der Waals surface area contributed by atoms with Crippen molar-refractivity contribution < 1.29 is 0 Å². The number of rotatable bonds is 15. The highest BCUT2D eigenvalue weighted by molar-refractivity contribution is 5.07. The van der Waals surface area contributed by atoms with Crippen LogP contribution in [0.2, 0.25) is 0 Å². The maximum absolute atomic E-state index is 2.43. The maximum Gasteiger partial charge on any atom is -0.0166 e. The second-order valence-corrected chi connectivity index (χ2v) is 9.55. The van der Waals surface area contributed by atoms with Gasteiger partial charge in [-0.15, -0.1) is 0 Å². The zero-order valence-electron chi connectivity index (χ0n) is 21.5. The third kappa shape index (κ3) is 19.7. The van der Waals surface area contributed by atoms with Crippen molar-refractivity contribution in [1.82, 2.24) is 0 Å². The first-order valence-electron chi connectivity index (χ1n) is 12.1. The Hall–Kier alpha value is -1.56. The highest BCUT2D eigenvalue weighted by atomic mass is 14.0. The topological polar surface area (TPSA) is 0 Å². The molecule has 0 aliphatic carbocycles. The number of hydrogen-bond acceptors (Lipinski definition) is 0. The van der Waals surface area contributed by atoms with Gasteiger partial charge in [0.1, 0.15) is 0 Å². The van der Waals surface area contributed by atoms with Crippen LogP contribution in [0, 0.1) is 5.92 Å². The lowest BCUT2D eigenvalue weighted by Crippen LogP contribution is -1.88. The summed E-state index contributed by atoms with van der Waals surface area (Å²) in [6.07, 6.45) is 27.3. The van der Waals surface area contributed by atoms with Gasteiger partial charge in [-0.1, -0.05) is 77.3 Å². The smallest absolute Gasteiger partial charge is 0.0166 e. The minimum absolute atomic E-state index is 0.659. The van der Waals surface area contributed by atoms with Gasteiger partial charge in [-0.25, -0.2) is 0 Å². The summed E-state index contributed by atoms with van der Waals surface area (Å²) in [6, 6.07) is 0. The van der Waals surface area contributed by atoms with Crippen molar-refractivity contribution in [2.24, 2.45) is 5.92 Å². The first-order chi connectivity index (χ1) is 14.2. The van der Waals surface area contributed by atoms with E-state index in [4.69, 9.17) is 0 Å². The SMILES string of the molecule is CC(C)=CCCC(C)=CCCC(C)=CC/C=C/C(C)CCC=C(C)CCC=C(C)C. The first kappa shape index (κ1) is 28.4. The van der Waals surface area contributed by atoms with Crippen LogP contribution in [0.4, 0.5) is 0 Å². The van der Waals surface area contributed by atoms with Gasteiger partial charge in [-0.3, -0.25) is 0 Å². The van der Waals surface area contributed by atoms with Crippen molar-refractivity contribution >= 4 is 0 Å². The Balaban J connectivity index is 4.05. The van der Waals surface area contributed by atoms with Crippen molar-refractivity contribution in [3.63, 3.8) is 0 Å². The molecule has 0 bridgehead atoms. The molecule has 0 amide bonds. The lowest BCUT2D eigenvalue weighted by molar-refractivity contribution is 0.653. The van der Waals surface area contributed by atoms with Crippen molar-refractivity contribution in [3.8, 4) is 0 Å². The van der Waals surface area contributed by atoms with E-state index in [9.17, 15) is 0 Å². The van der Waals surface area contributed by atoms with E-state index in [1.54, 1.807) is 0 Å². The van der Waals surface area contributed by atoms with Crippen LogP contribution in [0.15, 0.2) is 70.4 Å². The van der Waals surface area contributed by atoms with Gasteiger partial charge in [0.2, 0.25) is 0 Å². The second kappa shape index (κ2) is 18.2. The number of hydrogen-bond donors (Lipinski definition) is 0. The molecule has 0 N–H and O–H groups in total. The summed E-state index contributed by atoms with van der Waals surface area (Å²) in [5.41, 5.74) is 7.41. The van der Waals surface area contributed by atoms with Crippen LogP contribution in [0.1, 0.15) is 113 Å². The lowest BCUT2D eigenvalue weighted by Gasteiger charge is -2.05. The average molecular weight is 411 g/mol. The summed E-state index contributed by atoms with van der Waals surface area (Å²) in [5.74, 6) is 0.659. The predicted molar refractivity (Wildman–Crippen MR) is 140 cm³/mol. The largest absolute Gasteiger partial charge is 0.0856 e. The Morgan fingerprint density at radius 2 is 1.00 bits per heavy atom. The van der Waals surface area contributed by atoms with E-state index >= 15 is 0 Å². The molecule has 1 unspecified atom stereocenters. The molecule has 0 heteroatoms. The standard InChI is InChI=1S/C30H50/c1-25(2)15-11-19-29(7)23-13-21-27(5)17-9-10-18-28(6)22-14-24-30(8)20-12-16-26(3)4/h9,15-18,23-24,27H,10-14,19-22H2,1-8H3/b17-9+,28-18?,29-23?,30-24?. The van der Waals surface area contributed by atoms with Crippen LogP contribution in [0.25, 0.3) is 0 Å². The van der Waals surface area contributed by atoms with E-state index < -0.39 is 0 Å². The van der Waals surface area contributed by atoms with E-state index in [1.807, 2.05) is 0 Å². The van der Waals surface area contributed by atoms with E-state index in [2.05, 4.69) is 97.9 Å². The van der Waals surface area contributed by atoms with Gasteiger partial charge in [0, 0.05) is 0 Å². The van der Waals surface area contributed by atoms with Crippen LogP contribution in [0.3, 0.4) is 0 Å². The van der Waals surface area contributed by atoms with Gasteiger partial charge >= 0.3 is 0 Å². The van der Waals surface area contributed by atoms with Crippen LogP contribution >= 0.6 is 0 Å². The minimum Gasteiger partial charge on any atom is -0.0856 e. The summed E-state index contributed by atoms with van der Waals surface area (Å²) in [5, 5.41) is 0. The van der Waals surface area contributed by atoms with Crippen LogP contribution in [-0.4, -0.2) is 0 Å². The third-order valence-electron chi connectivity index (χ3n) is 5.40. The summed E-state index contributed by atoms with van der Waals surface area (Å²) < 4.78 is 0. The summed E-state index contributed by atoms with van der Waals surface area (Å²) >= 11 is 0. The number of allylic oxidation sites excluding steroid dienone is 12. The Bertz CT molecular complexity index is 623. The Morgan fingerprint density at radius 3 is 1.50 bits per heavy atom. The molecule has 30 heavy (non-hydrogen) atoms. The second-order valence-electron chi connectivity index (χ2n) is 9.55. The quantitative estimate of drug-likeness (QED) is 0.235.